The van der Waals surface area contributed by atoms with E-state index in [9.17, 15) is 23.9 Å². The van der Waals surface area contributed by atoms with Crippen LogP contribution in [-0.4, -0.2) is 38.9 Å². The Morgan fingerprint density at radius 2 is 1.80 bits per heavy atom. The first-order valence-electron chi connectivity index (χ1n) is 12.3. The number of ketones is 1. The molecule has 1 aromatic carbocycles. The highest BCUT2D eigenvalue weighted by Gasteiger charge is 2.43. The Labute approximate surface area is 205 Å². The van der Waals surface area contributed by atoms with Crippen LogP contribution >= 0.6 is 0 Å². The van der Waals surface area contributed by atoms with Crippen molar-refractivity contribution in [3.05, 3.63) is 52.1 Å². The van der Waals surface area contributed by atoms with Crippen molar-refractivity contribution in [2.45, 2.75) is 77.4 Å². The van der Waals surface area contributed by atoms with Gasteiger partial charge in [-0.1, -0.05) is 0 Å². The van der Waals surface area contributed by atoms with Gasteiger partial charge in [-0.15, -0.1) is 0 Å². The second-order valence-electron chi connectivity index (χ2n) is 10.5. The summed E-state index contributed by atoms with van der Waals surface area (Å²) >= 11 is 0. The van der Waals surface area contributed by atoms with Gasteiger partial charge >= 0.3 is 5.91 Å². The van der Waals surface area contributed by atoms with Gasteiger partial charge in [-0.2, -0.15) is 0 Å². The molecule has 0 unspecified atom stereocenters. The third kappa shape index (κ3) is 4.63. The van der Waals surface area contributed by atoms with Crippen LogP contribution in [0.5, 0.6) is 0 Å². The van der Waals surface area contributed by atoms with Crippen LogP contribution < -0.4 is 10.6 Å². The highest BCUT2D eigenvalue weighted by Crippen LogP contribution is 2.39. The van der Waals surface area contributed by atoms with Gasteiger partial charge in [0.2, 0.25) is 0 Å². The minimum atomic E-state index is -0.743. The van der Waals surface area contributed by atoms with E-state index in [1.807, 2.05) is 6.92 Å². The van der Waals surface area contributed by atoms with Gasteiger partial charge in [-0.05, 0) is 101 Å². The number of halogens is 1. The molecule has 2 aromatic rings. The number of nitrogens with zero attached hydrogens (tertiary/aromatic N) is 2. The van der Waals surface area contributed by atoms with Gasteiger partial charge in [-0.3, -0.25) is 19.3 Å². The SMILES string of the molecule is Cc1cc(N(C(=O)C(=O)c2c(C)c(C(N)=O)c(CC3CC3)n2C)C2(C)CCC(O)CC2)ccc1F. The summed E-state index contributed by atoms with van der Waals surface area (Å²) in [4.78, 5) is 41.5. The molecule has 0 radical (unpaired) electrons. The Morgan fingerprint density at radius 3 is 2.34 bits per heavy atom. The van der Waals surface area contributed by atoms with Crippen molar-refractivity contribution in [2.24, 2.45) is 18.7 Å². The summed E-state index contributed by atoms with van der Waals surface area (Å²) in [6.07, 6.45) is 4.28. The van der Waals surface area contributed by atoms with E-state index in [0.717, 1.165) is 12.8 Å². The lowest BCUT2D eigenvalue weighted by atomic mass is 9.79. The molecular weight excluding hydrogens is 449 g/mol. The Morgan fingerprint density at radius 1 is 1.17 bits per heavy atom. The quantitative estimate of drug-likeness (QED) is 0.462. The van der Waals surface area contributed by atoms with Gasteiger partial charge in [-0.25, -0.2) is 4.39 Å². The van der Waals surface area contributed by atoms with E-state index in [-0.39, 0.29) is 5.69 Å². The molecule has 4 rings (SSSR count). The predicted octanol–water partition coefficient (Wildman–Crippen LogP) is 3.74. The van der Waals surface area contributed by atoms with E-state index in [4.69, 9.17) is 5.73 Å². The number of carbonyl (C=O) groups excluding carboxylic acids is 3. The zero-order valence-corrected chi connectivity index (χ0v) is 20.9. The maximum absolute atomic E-state index is 14.1. The van der Waals surface area contributed by atoms with E-state index < -0.39 is 35.1 Å². The first-order valence-corrected chi connectivity index (χ1v) is 12.3. The number of aromatic nitrogens is 1. The highest BCUT2D eigenvalue weighted by atomic mass is 19.1. The maximum atomic E-state index is 14.1. The Kier molecular flexibility index (Phi) is 6.62. The molecule has 2 aliphatic rings. The van der Waals surface area contributed by atoms with Crippen LogP contribution in [0.2, 0.25) is 0 Å². The maximum Gasteiger partial charge on any atom is 0.301 e. The molecule has 2 aliphatic carbocycles. The summed E-state index contributed by atoms with van der Waals surface area (Å²) in [6, 6.07) is 4.38. The molecule has 0 spiro atoms. The van der Waals surface area contributed by atoms with E-state index >= 15 is 0 Å². The van der Waals surface area contributed by atoms with Crippen LogP contribution in [0.15, 0.2) is 18.2 Å². The van der Waals surface area contributed by atoms with Crippen LogP contribution in [0.3, 0.4) is 0 Å². The number of amides is 2. The average Bonchev–Trinajstić information content (AvgIpc) is 3.57. The average molecular weight is 484 g/mol. The van der Waals surface area contributed by atoms with Crippen LogP contribution in [0.25, 0.3) is 0 Å². The van der Waals surface area contributed by atoms with Crippen molar-refractivity contribution < 1.29 is 23.9 Å². The molecule has 35 heavy (non-hydrogen) atoms. The fraction of sp³-hybridized carbons (Fsp3) is 0.519. The number of benzene rings is 1. The molecule has 3 N–H and O–H groups in total. The van der Waals surface area contributed by atoms with Gasteiger partial charge in [0.15, 0.2) is 0 Å². The molecular formula is C27H34FN3O4. The number of rotatable bonds is 7. The third-order valence-electron chi connectivity index (χ3n) is 7.77. The summed E-state index contributed by atoms with van der Waals surface area (Å²) in [5.74, 6) is -2.03. The highest BCUT2D eigenvalue weighted by molar-refractivity contribution is 6.47. The van der Waals surface area contributed by atoms with E-state index in [2.05, 4.69) is 0 Å². The number of nitrogens with two attached hydrogens (primary N) is 1. The zero-order valence-electron chi connectivity index (χ0n) is 20.9. The zero-order chi connectivity index (χ0) is 25.7. The third-order valence-corrected chi connectivity index (χ3v) is 7.77. The predicted molar refractivity (Wildman–Crippen MR) is 131 cm³/mol. The minimum Gasteiger partial charge on any atom is -0.393 e. The Balaban J connectivity index is 1.79. The smallest absolute Gasteiger partial charge is 0.301 e. The second kappa shape index (κ2) is 9.22. The second-order valence-corrected chi connectivity index (χ2v) is 10.5. The van der Waals surface area contributed by atoms with Crippen LogP contribution in [0, 0.1) is 25.6 Å². The van der Waals surface area contributed by atoms with Gasteiger partial charge in [0.05, 0.1) is 17.4 Å². The fourth-order valence-electron chi connectivity index (χ4n) is 5.47. The molecule has 2 fully saturated rings. The van der Waals surface area contributed by atoms with Crippen molar-refractivity contribution in [2.75, 3.05) is 4.90 Å². The topological polar surface area (TPSA) is 106 Å². The van der Waals surface area contributed by atoms with Gasteiger partial charge < -0.3 is 15.4 Å². The molecule has 1 aromatic heterocycles. The van der Waals surface area contributed by atoms with E-state index in [1.54, 1.807) is 31.5 Å². The standard InChI is InChI=1S/C27H34FN3O4/c1-15-13-18(7-8-20(15)28)31(27(3)11-9-19(32)10-12-27)26(35)24(33)23-16(2)22(25(29)34)21(30(23)4)14-17-5-6-17/h7-8,13,17,19,32H,5-6,9-12,14H2,1-4H3,(H2,29,34). The van der Waals surface area contributed by atoms with Crippen LogP contribution in [0.4, 0.5) is 10.1 Å². The van der Waals surface area contributed by atoms with E-state index in [1.165, 1.54) is 17.0 Å². The van der Waals surface area contributed by atoms with Crippen molar-refractivity contribution in [3.63, 3.8) is 0 Å². The molecule has 2 saturated carbocycles. The van der Waals surface area contributed by atoms with Crippen LogP contribution in [-0.2, 0) is 18.3 Å². The van der Waals surface area contributed by atoms with Gasteiger partial charge in [0, 0.05) is 24.0 Å². The van der Waals surface area contributed by atoms with Crippen molar-refractivity contribution >= 4 is 23.3 Å². The number of aryl methyl sites for hydroxylation is 1. The number of Topliss-reactive ketones (excluding diaryl/α,β-unsaturated/α-hetero) is 1. The monoisotopic (exact) mass is 483 g/mol. The lowest BCUT2D eigenvalue weighted by Crippen LogP contribution is -2.55. The first kappa shape index (κ1) is 25.1. The minimum absolute atomic E-state index is 0.155. The number of primary amides is 1. The lowest BCUT2D eigenvalue weighted by molar-refractivity contribution is -0.116. The summed E-state index contributed by atoms with van der Waals surface area (Å²) in [5, 5.41) is 10.1. The molecule has 1 heterocycles. The molecule has 0 atom stereocenters. The summed E-state index contributed by atoms with van der Waals surface area (Å²) < 4.78 is 15.7. The molecule has 188 valence electrons. The number of carbonyl (C=O) groups is 3. The fourth-order valence-corrected chi connectivity index (χ4v) is 5.47. The van der Waals surface area contributed by atoms with Crippen molar-refractivity contribution in [1.29, 1.82) is 0 Å². The largest absolute Gasteiger partial charge is 0.393 e. The molecule has 2 amide bonds. The Bertz CT molecular complexity index is 1190. The lowest BCUT2D eigenvalue weighted by Gasteiger charge is -2.44. The first-order chi connectivity index (χ1) is 16.4. The summed E-state index contributed by atoms with van der Waals surface area (Å²) in [6.45, 7) is 5.16. The summed E-state index contributed by atoms with van der Waals surface area (Å²) in [5.41, 5.74) is 7.31. The molecule has 7 nitrogen and oxygen atoms in total. The number of hydrogen-bond donors (Lipinski definition) is 2. The van der Waals surface area contributed by atoms with E-state index in [0.29, 0.717) is 66.1 Å². The molecule has 0 aliphatic heterocycles. The molecule has 8 heteroatoms. The number of aliphatic hydroxyl groups excluding tert-OH is 1. The van der Waals surface area contributed by atoms with Crippen molar-refractivity contribution in [3.8, 4) is 0 Å². The molecule has 0 saturated heterocycles. The van der Waals surface area contributed by atoms with Crippen LogP contribution in [0.1, 0.15) is 83.1 Å². The van der Waals surface area contributed by atoms with Gasteiger partial charge in [0.25, 0.3) is 11.7 Å². The van der Waals surface area contributed by atoms with Gasteiger partial charge in [0.1, 0.15) is 5.82 Å². The normalized spacial score (nSPS) is 22.2. The summed E-state index contributed by atoms with van der Waals surface area (Å²) in [7, 11) is 1.70. The number of anilines is 1. The van der Waals surface area contributed by atoms with Crippen molar-refractivity contribution in [1.82, 2.24) is 4.57 Å². The number of hydrogen-bond acceptors (Lipinski definition) is 4. The Hall–Kier alpha value is -3.00. The molecule has 0 bridgehead atoms. The number of aliphatic hydroxyl groups is 1.